The number of rotatable bonds is 9. The zero-order valence-electron chi connectivity index (χ0n) is 28.5. The number of ether oxygens (including phenoxy) is 2. The number of alkyl halides is 1. The summed E-state index contributed by atoms with van der Waals surface area (Å²) in [4.78, 5) is 30.9. The van der Waals surface area contributed by atoms with Crippen LogP contribution in [0.2, 0.25) is 0 Å². The molecule has 51 heavy (non-hydrogen) atoms. The molecule has 6 heterocycles. The molecular formula is C38H40F3N7O3. The number of pyridine rings is 1. The van der Waals surface area contributed by atoms with E-state index in [1.807, 2.05) is 6.92 Å². The average Bonchev–Trinajstić information content (AvgIpc) is 3.77. The maximum atomic E-state index is 17.2. The second kappa shape index (κ2) is 13.5. The second-order valence-electron chi connectivity index (χ2n) is 14.2. The van der Waals surface area contributed by atoms with Crippen LogP contribution in [0.25, 0.3) is 32.9 Å². The van der Waals surface area contributed by atoms with Gasteiger partial charge in [0.15, 0.2) is 5.82 Å². The van der Waals surface area contributed by atoms with E-state index in [0.717, 1.165) is 45.1 Å². The van der Waals surface area contributed by atoms with E-state index in [1.54, 1.807) is 6.07 Å². The molecule has 2 bridgehead atoms. The zero-order valence-corrected chi connectivity index (χ0v) is 28.5. The van der Waals surface area contributed by atoms with Gasteiger partial charge in [-0.15, -0.1) is 6.42 Å². The number of terminal acetylenes is 1. The second-order valence-corrected chi connectivity index (χ2v) is 14.2. The maximum absolute atomic E-state index is 17.2. The Hall–Kier alpha value is -4.67. The number of benzene rings is 2. The fourth-order valence-corrected chi connectivity index (χ4v) is 8.44. The molecule has 1 amide bonds. The van der Waals surface area contributed by atoms with Crippen LogP contribution in [0.1, 0.15) is 57.4 Å². The molecule has 2 N–H and O–H groups in total. The van der Waals surface area contributed by atoms with Crippen LogP contribution in [0.3, 0.4) is 0 Å². The van der Waals surface area contributed by atoms with Gasteiger partial charge in [-0.2, -0.15) is 9.97 Å². The molecule has 10 nitrogen and oxygen atoms in total. The molecule has 4 aromatic rings. The lowest BCUT2D eigenvalue weighted by atomic mass is 9.95. The van der Waals surface area contributed by atoms with Gasteiger partial charge in [0.1, 0.15) is 41.4 Å². The van der Waals surface area contributed by atoms with E-state index in [9.17, 15) is 9.18 Å². The third-order valence-corrected chi connectivity index (χ3v) is 10.8. The van der Waals surface area contributed by atoms with Crippen LogP contribution in [0.4, 0.5) is 23.8 Å². The van der Waals surface area contributed by atoms with E-state index >= 15 is 8.78 Å². The van der Waals surface area contributed by atoms with Crippen molar-refractivity contribution in [2.75, 3.05) is 44.2 Å². The van der Waals surface area contributed by atoms with Gasteiger partial charge in [0.2, 0.25) is 0 Å². The number of unbranched alkanes of at least 4 members (excludes halogenated alkanes) is 1. The first-order valence-electron chi connectivity index (χ1n) is 17.8. The molecule has 4 aliphatic rings. The number of nitrogens with zero attached hydrogens (tertiary/aromatic N) is 5. The van der Waals surface area contributed by atoms with Crippen LogP contribution >= 0.6 is 0 Å². The molecule has 0 aliphatic carbocycles. The summed E-state index contributed by atoms with van der Waals surface area (Å²) in [5, 5.41) is 7.39. The van der Waals surface area contributed by atoms with Gasteiger partial charge in [-0.1, -0.05) is 25.3 Å². The van der Waals surface area contributed by atoms with Gasteiger partial charge in [-0.05, 0) is 62.2 Å². The average molecular weight is 700 g/mol. The molecule has 8 rings (SSSR count). The third kappa shape index (κ3) is 6.18. The molecule has 4 atom stereocenters. The summed E-state index contributed by atoms with van der Waals surface area (Å²) in [6.07, 6.45) is 11.5. The van der Waals surface area contributed by atoms with E-state index < -0.39 is 29.4 Å². The zero-order chi connectivity index (χ0) is 35.3. The molecule has 4 saturated heterocycles. The van der Waals surface area contributed by atoms with Gasteiger partial charge >= 0.3 is 12.1 Å². The van der Waals surface area contributed by atoms with E-state index in [-0.39, 0.29) is 58.2 Å². The fourth-order valence-electron chi connectivity index (χ4n) is 8.44. The smallest absolute Gasteiger partial charge is 0.412 e. The Labute approximate surface area is 294 Å². The molecule has 0 radical (unpaired) electrons. The summed E-state index contributed by atoms with van der Waals surface area (Å²) in [6, 6.07) is 6.24. The number of carbonyl (C=O) groups excluding carboxylic acids is 1. The molecule has 2 aromatic heterocycles. The Morgan fingerprint density at radius 1 is 1.18 bits per heavy atom. The lowest BCUT2D eigenvalue weighted by Crippen LogP contribution is -2.51. The minimum atomic E-state index is -0.931. The number of hydrogen-bond donors (Lipinski definition) is 2. The van der Waals surface area contributed by atoms with Gasteiger partial charge in [0.25, 0.3) is 0 Å². The normalized spacial score (nSPS) is 24.2. The van der Waals surface area contributed by atoms with Crippen LogP contribution in [0.15, 0.2) is 30.5 Å². The first-order valence-corrected chi connectivity index (χ1v) is 17.8. The predicted octanol–water partition coefficient (Wildman–Crippen LogP) is 5.89. The highest BCUT2D eigenvalue weighted by molar-refractivity contribution is 6.03. The number of anilines is 1. The van der Waals surface area contributed by atoms with Crippen molar-refractivity contribution in [3.05, 3.63) is 47.7 Å². The minimum absolute atomic E-state index is 0.0102. The van der Waals surface area contributed by atoms with Crippen molar-refractivity contribution in [1.82, 2.24) is 30.5 Å². The quantitative estimate of drug-likeness (QED) is 0.164. The molecule has 4 fully saturated rings. The summed E-state index contributed by atoms with van der Waals surface area (Å²) in [5.74, 6) is 1.57. The van der Waals surface area contributed by atoms with Crippen molar-refractivity contribution in [1.29, 1.82) is 0 Å². The number of hydrogen-bond acceptors (Lipinski definition) is 9. The third-order valence-electron chi connectivity index (χ3n) is 10.8. The summed E-state index contributed by atoms with van der Waals surface area (Å²) in [5.41, 5.74) is -0.573. The summed E-state index contributed by atoms with van der Waals surface area (Å²) in [7, 11) is 0. The Balaban J connectivity index is 1.25. The number of piperazine rings is 1. The van der Waals surface area contributed by atoms with Crippen molar-refractivity contribution in [2.24, 2.45) is 0 Å². The van der Waals surface area contributed by atoms with Crippen LogP contribution in [0.5, 0.6) is 11.8 Å². The highest BCUT2D eigenvalue weighted by Crippen LogP contribution is 2.42. The van der Waals surface area contributed by atoms with Crippen molar-refractivity contribution < 1.29 is 27.4 Å². The van der Waals surface area contributed by atoms with Gasteiger partial charge in [-0.3, -0.25) is 9.88 Å². The van der Waals surface area contributed by atoms with Crippen molar-refractivity contribution in [3.8, 4) is 35.4 Å². The van der Waals surface area contributed by atoms with E-state index in [2.05, 4.69) is 36.3 Å². The van der Waals surface area contributed by atoms with Gasteiger partial charge in [0, 0.05) is 61.8 Å². The lowest BCUT2D eigenvalue weighted by Gasteiger charge is -2.34. The number of halogens is 3. The standard InChI is InChI=1S/C38H40F3N7O3/c1-3-5-12-42-37(49)51-26-14-22-7-10-30(40)27(4-2)31(22)28(15-26)33-32(41)34-29(17-43-33)35(47-19-24-8-9-25(20-47)44-24)46-36(45-34)50-21-38-11-6-13-48(38)18-23(39)16-38/h2,7,10,14-15,17,23-25,44H,3,5-6,8-9,11-13,16,18-21H2,1H3,(H,42,49)/t23-,24?,25?,38+/m1/s1. The largest absolute Gasteiger partial charge is 0.461 e. The number of nitrogens with one attached hydrogen (secondary N) is 2. The minimum Gasteiger partial charge on any atom is -0.461 e. The number of carbonyl (C=O) groups is 1. The molecule has 0 saturated carbocycles. The van der Waals surface area contributed by atoms with Crippen molar-refractivity contribution >= 4 is 33.6 Å². The summed E-state index contributed by atoms with van der Waals surface area (Å²) < 4.78 is 58.7. The maximum Gasteiger partial charge on any atom is 0.412 e. The Kier molecular flexibility index (Phi) is 8.84. The van der Waals surface area contributed by atoms with Crippen LogP contribution in [-0.2, 0) is 0 Å². The molecule has 2 aromatic carbocycles. The molecule has 4 aliphatic heterocycles. The predicted molar refractivity (Wildman–Crippen MR) is 188 cm³/mol. The number of amides is 1. The molecular weight excluding hydrogens is 659 g/mol. The number of aromatic nitrogens is 3. The Morgan fingerprint density at radius 2 is 2.00 bits per heavy atom. The SMILES string of the molecule is C#Cc1c(F)ccc2cc(OC(=O)NCCCC)cc(-c3ncc4c(N5CC6CCC(C5)N6)nc(OC[C@@]56CCCN5C[C@H](F)C6)nc4c3F)c12. The van der Waals surface area contributed by atoms with E-state index in [4.69, 9.17) is 20.9 Å². The first kappa shape index (κ1) is 33.5. The van der Waals surface area contributed by atoms with Crippen molar-refractivity contribution in [2.45, 2.75) is 75.7 Å². The Bertz CT molecular complexity index is 2050. The van der Waals surface area contributed by atoms with Crippen LogP contribution in [0, 0.1) is 24.0 Å². The van der Waals surface area contributed by atoms with Gasteiger partial charge in [0.05, 0.1) is 16.5 Å². The molecule has 2 unspecified atom stereocenters. The molecule has 0 spiro atoms. The van der Waals surface area contributed by atoms with Gasteiger partial charge in [-0.25, -0.2) is 18.0 Å². The topological polar surface area (TPSA) is 105 Å². The number of fused-ring (bicyclic) bond motifs is 5. The van der Waals surface area contributed by atoms with Crippen molar-refractivity contribution in [3.63, 3.8) is 0 Å². The Morgan fingerprint density at radius 3 is 2.78 bits per heavy atom. The van der Waals surface area contributed by atoms with Crippen LogP contribution in [-0.4, -0.2) is 89.1 Å². The van der Waals surface area contributed by atoms with E-state index in [0.29, 0.717) is 49.2 Å². The van der Waals surface area contributed by atoms with Crippen LogP contribution < -0.4 is 25.0 Å². The first-order chi connectivity index (χ1) is 24.7. The highest BCUT2D eigenvalue weighted by atomic mass is 19.1. The van der Waals surface area contributed by atoms with Gasteiger partial charge < -0.3 is 25.0 Å². The molecule has 266 valence electrons. The summed E-state index contributed by atoms with van der Waals surface area (Å²) >= 11 is 0. The lowest BCUT2D eigenvalue weighted by molar-refractivity contribution is 0.107. The summed E-state index contributed by atoms with van der Waals surface area (Å²) in [6.45, 7) is 5.13. The monoisotopic (exact) mass is 699 g/mol. The highest BCUT2D eigenvalue weighted by Gasteiger charge is 2.49. The molecule has 13 heteroatoms. The fraction of sp³-hybridized carbons (Fsp3) is 0.474. The van der Waals surface area contributed by atoms with E-state index in [1.165, 1.54) is 24.4 Å².